The van der Waals surface area contributed by atoms with Gasteiger partial charge < -0.3 is 14.6 Å². The number of aliphatic hydroxyl groups is 1. The average Bonchev–Trinajstić information content (AvgIpc) is 3.50. The maximum Gasteiger partial charge on any atom is 0.329 e. The van der Waals surface area contributed by atoms with Crippen LogP contribution in [0.15, 0.2) is 46.0 Å². The molecule has 4 fully saturated rings. The first-order valence-corrected chi connectivity index (χ1v) is 18.4. The second-order valence-electron chi connectivity index (χ2n) is 14.6. The van der Waals surface area contributed by atoms with Crippen LogP contribution < -0.4 is 22.0 Å². The first-order valence-electron chi connectivity index (χ1n) is 18.4. The minimum absolute atomic E-state index is 0.0409. The van der Waals surface area contributed by atoms with E-state index in [9.17, 15) is 38.7 Å². The Balaban J connectivity index is 0.000000167. The molecule has 2 aliphatic carbocycles. The number of piperidine rings is 2. The largest absolute Gasteiger partial charge is 0.393 e. The number of aliphatic hydroxyl groups excluding tert-OH is 1. The third-order valence-electron chi connectivity index (χ3n) is 10.8. The van der Waals surface area contributed by atoms with E-state index in [0.29, 0.717) is 75.6 Å². The molecular formula is C38H44N6O10. The Labute approximate surface area is 309 Å². The summed E-state index contributed by atoms with van der Waals surface area (Å²) in [5, 5.41) is 13.9. The summed E-state index contributed by atoms with van der Waals surface area (Å²) in [6, 6.07) is 10.1. The number of imidazole rings is 2. The van der Waals surface area contributed by atoms with Gasteiger partial charge in [-0.1, -0.05) is 12.1 Å². The van der Waals surface area contributed by atoms with Gasteiger partial charge in [0.2, 0.25) is 23.6 Å². The molecule has 4 amide bonds. The zero-order valence-corrected chi connectivity index (χ0v) is 30.2. The molecule has 2 unspecified atom stereocenters. The average molecular weight is 745 g/mol. The Bertz CT molecular complexity index is 2270. The molecule has 54 heavy (non-hydrogen) atoms. The van der Waals surface area contributed by atoms with Gasteiger partial charge >= 0.3 is 11.4 Å². The van der Waals surface area contributed by atoms with Gasteiger partial charge in [0, 0.05) is 39.8 Å². The fourth-order valence-corrected chi connectivity index (χ4v) is 7.52. The molecule has 2 aromatic carbocycles. The molecule has 2 aliphatic heterocycles. The zero-order valence-electron chi connectivity index (χ0n) is 30.2. The number of aryl methyl sites for hydroxylation is 2. The van der Waals surface area contributed by atoms with Gasteiger partial charge in [0.25, 0.3) is 0 Å². The summed E-state index contributed by atoms with van der Waals surface area (Å²) in [7, 11) is 3.36. The molecule has 16 heteroatoms. The number of carbonyl (C=O) groups excluding carboxylic acids is 5. The van der Waals surface area contributed by atoms with Gasteiger partial charge in [-0.2, -0.15) is 0 Å². The molecule has 2 saturated carbocycles. The lowest BCUT2D eigenvalue weighted by molar-refractivity contribution is -0.137. The van der Waals surface area contributed by atoms with E-state index in [1.54, 1.807) is 14.1 Å². The minimum atomic E-state index is -0.677. The van der Waals surface area contributed by atoms with Crippen molar-refractivity contribution in [1.82, 2.24) is 28.9 Å². The Morgan fingerprint density at radius 2 is 1.09 bits per heavy atom. The fraction of sp³-hybridized carbons (Fsp3) is 0.500. The SMILES string of the molecule is Cn1c(=O)n(C2CCC(=O)NC2=O)c2ccc(CCOC3CC(=O)C3)cc21.Cn1c(=O)n(C2CCC(=O)NC2=O)c2ccc(CCOC3CC(O)C3)cc21. The van der Waals surface area contributed by atoms with Crippen molar-refractivity contribution in [2.24, 2.45) is 14.1 Å². The van der Waals surface area contributed by atoms with Crippen LogP contribution in [0.4, 0.5) is 0 Å². The van der Waals surface area contributed by atoms with Crippen LogP contribution in [0, 0.1) is 0 Å². The molecule has 0 bridgehead atoms. The van der Waals surface area contributed by atoms with Crippen LogP contribution in [0.3, 0.4) is 0 Å². The summed E-state index contributed by atoms with van der Waals surface area (Å²) >= 11 is 0. The molecule has 4 heterocycles. The Hall–Kier alpha value is -5.19. The Morgan fingerprint density at radius 3 is 1.50 bits per heavy atom. The lowest BCUT2D eigenvalue weighted by Crippen LogP contribution is -2.44. The van der Waals surface area contributed by atoms with E-state index >= 15 is 0 Å². The minimum Gasteiger partial charge on any atom is -0.393 e. The van der Waals surface area contributed by atoms with E-state index < -0.39 is 23.9 Å². The number of carbonyl (C=O) groups is 5. The van der Waals surface area contributed by atoms with Crippen LogP contribution >= 0.6 is 0 Å². The van der Waals surface area contributed by atoms with Gasteiger partial charge in [-0.05, 0) is 73.9 Å². The van der Waals surface area contributed by atoms with Crippen molar-refractivity contribution in [3.8, 4) is 0 Å². The standard InChI is InChI=1S/C19H23N3O5.C19H21N3O5/c2*1-21-16-8-11(6-7-27-13-9-12(23)10-13)2-3-14(16)22(19(21)26)15-4-5-17(24)20-18(15)25/h2-3,8,12-13,15,23H,4-7,9-10H2,1H3,(H,20,24,25);2-3,8,13,15H,4-7,9-10H2,1H3,(H,20,24,25). The van der Waals surface area contributed by atoms with Gasteiger partial charge in [0.1, 0.15) is 17.9 Å². The maximum atomic E-state index is 12.7. The van der Waals surface area contributed by atoms with Crippen molar-refractivity contribution in [3.63, 3.8) is 0 Å². The Morgan fingerprint density at radius 1 is 0.648 bits per heavy atom. The summed E-state index contributed by atoms with van der Waals surface area (Å²) in [5.41, 5.74) is 4.36. The summed E-state index contributed by atoms with van der Waals surface area (Å²) in [6.45, 7) is 1.08. The van der Waals surface area contributed by atoms with Crippen molar-refractivity contribution >= 4 is 51.5 Å². The lowest BCUT2D eigenvalue weighted by Gasteiger charge is -2.31. The number of fused-ring (bicyclic) bond motifs is 2. The number of ketones is 1. The van der Waals surface area contributed by atoms with Crippen molar-refractivity contribution in [2.45, 2.75) is 94.6 Å². The highest BCUT2D eigenvalue weighted by Crippen LogP contribution is 2.27. The van der Waals surface area contributed by atoms with Crippen LogP contribution in [0.5, 0.6) is 0 Å². The normalized spacial score (nSPS) is 23.1. The highest BCUT2D eigenvalue weighted by Gasteiger charge is 2.33. The molecule has 286 valence electrons. The van der Waals surface area contributed by atoms with E-state index in [2.05, 4.69) is 10.6 Å². The summed E-state index contributed by atoms with van der Waals surface area (Å²) < 4.78 is 17.4. The molecular weight excluding hydrogens is 700 g/mol. The number of rotatable bonds is 10. The van der Waals surface area contributed by atoms with Gasteiger partial charge in [-0.3, -0.25) is 52.9 Å². The van der Waals surface area contributed by atoms with E-state index in [1.807, 2.05) is 36.4 Å². The Kier molecular flexibility index (Phi) is 10.5. The number of nitrogens with zero attached hydrogens (tertiary/aromatic N) is 4. The molecule has 0 spiro atoms. The highest BCUT2D eigenvalue weighted by molar-refractivity contribution is 6.00. The number of aromatic nitrogens is 4. The number of benzene rings is 2. The van der Waals surface area contributed by atoms with Crippen molar-refractivity contribution in [1.29, 1.82) is 0 Å². The highest BCUT2D eigenvalue weighted by atomic mass is 16.5. The molecule has 8 rings (SSSR count). The molecule has 4 aliphatic rings. The van der Waals surface area contributed by atoms with E-state index in [-0.39, 0.29) is 60.1 Å². The molecule has 3 N–H and O–H groups in total. The number of hydrogen-bond donors (Lipinski definition) is 3. The molecule has 4 aromatic rings. The van der Waals surface area contributed by atoms with E-state index in [0.717, 1.165) is 22.2 Å². The maximum absolute atomic E-state index is 12.7. The van der Waals surface area contributed by atoms with Crippen LogP contribution in [0.1, 0.15) is 74.6 Å². The smallest absolute Gasteiger partial charge is 0.329 e. The second kappa shape index (κ2) is 15.3. The van der Waals surface area contributed by atoms with Crippen LogP contribution in [-0.2, 0) is 60.4 Å². The van der Waals surface area contributed by atoms with Crippen molar-refractivity contribution in [2.75, 3.05) is 13.2 Å². The number of nitrogens with one attached hydrogen (secondary N) is 2. The van der Waals surface area contributed by atoms with Gasteiger partial charge in [-0.15, -0.1) is 0 Å². The van der Waals surface area contributed by atoms with Crippen LogP contribution in [-0.4, -0.2) is 84.3 Å². The van der Waals surface area contributed by atoms with Gasteiger partial charge in [0.05, 0.1) is 53.6 Å². The topological polar surface area (TPSA) is 202 Å². The van der Waals surface area contributed by atoms with Crippen LogP contribution in [0.25, 0.3) is 22.1 Å². The number of amides is 4. The predicted molar refractivity (Wildman–Crippen MR) is 194 cm³/mol. The monoisotopic (exact) mass is 744 g/mol. The van der Waals surface area contributed by atoms with E-state index in [4.69, 9.17) is 9.47 Å². The summed E-state index contributed by atoms with van der Waals surface area (Å²) in [5.74, 6) is -1.23. The summed E-state index contributed by atoms with van der Waals surface area (Å²) in [4.78, 5) is 83.6. The first-order chi connectivity index (χ1) is 25.9. The molecule has 2 aromatic heterocycles. The first kappa shape index (κ1) is 37.1. The molecule has 0 radical (unpaired) electrons. The van der Waals surface area contributed by atoms with Crippen LogP contribution in [0.2, 0.25) is 0 Å². The fourth-order valence-electron chi connectivity index (χ4n) is 7.52. The van der Waals surface area contributed by atoms with Crippen molar-refractivity contribution in [3.05, 3.63) is 68.5 Å². The summed E-state index contributed by atoms with van der Waals surface area (Å²) in [6.07, 6.45) is 4.83. The lowest BCUT2D eigenvalue weighted by atomic mass is 9.92. The second-order valence-corrected chi connectivity index (χ2v) is 14.6. The quantitative estimate of drug-likeness (QED) is 0.197. The van der Waals surface area contributed by atoms with E-state index in [1.165, 1.54) is 18.3 Å². The molecule has 16 nitrogen and oxygen atoms in total. The number of imide groups is 2. The third-order valence-corrected chi connectivity index (χ3v) is 10.8. The van der Waals surface area contributed by atoms with Crippen molar-refractivity contribution < 1.29 is 38.6 Å². The zero-order chi connectivity index (χ0) is 38.3. The third kappa shape index (κ3) is 7.45. The molecule has 2 atom stereocenters. The predicted octanol–water partition coefficient (Wildman–Crippen LogP) is 1.01. The van der Waals surface area contributed by atoms with Gasteiger partial charge in [-0.25, -0.2) is 9.59 Å². The number of ether oxygens (including phenoxy) is 2. The number of Topliss-reactive ketones (excluding diaryl/α,β-unsaturated/α-hetero) is 1. The van der Waals surface area contributed by atoms with Gasteiger partial charge in [0.15, 0.2) is 0 Å². The molecule has 2 saturated heterocycles. The number of hydrogen-bond acceptors (Lipinski definition) is 10.